The summed E-state index contributed by atoms with van der Waals surface area (Å²) in [5.41, 5.74) is 10.4. The summed E-state index contributed by atoms with van der Waals surface area (Å²) in [6.45, 7) is 3.06. The third kappa shape index (κ3) is 2.59. The van der Waals surface area contributed by atoms with Crippen LogP contribution in [0.15, 0.2) is 23.3 Å². The SMILES string of the molecule is Cc1cccc(N2CC(CN=[N+]=[N-])CC2=O)c1I. The Bertz CT molecular complexity index is 525. The molecule has 1 saturated heterocycles. The second-order valence-corrected chi connectivity index (χ2v) is 5.47. The number of amides is 1. The molecule has 1 fully saturated rings. The first kappa shape index (κ1) is 13.2. The standard InChI is InChI=1S/C12H13IN4O/c1-8-3-2-4-10(12(8)13)17-7-9(5-11(17)18)6-15-16-14/h2-4,9H,5-7H2,1H3. The van der Waals surface area contributed by atoms with Crippen LogP contribution in [-0.4, -0.2) is 19.0 Å². The minimum Gasteiger partial charge on any atom is -0.311 e. The first-order valence-electron chi connectivity index (χ1n) is 5.70. The summed E-state index contributed by atoms with van der Waals surface area (Å²) in [4.78, 5) is 16.5. The van der Waals surface area contributed by atoms with Crippen molar-refractivity contribution in [3.63, 3.8) is 0 Å². The molecule has 1 aliphatic heterocycles. The molecule has 1 heterocycles. The summed E-state index contributed by atoms with van der Waals surface area (Å²) in [6.07, 6.45) is 0.461. The maximum Gasteiger partial charge on any atom is 0.227 e. The lowest BCUT2D eigenvalue weighted by Crippen LogP contribution is -2.25. The third-order valence-electron chi connectivity index (χ3n) is 3.07. The van der Waals surface area contributed by atoms with Crippen molar-refractivity contribution in [1.29, 1.82) is 0 Å². The zero-order valence-corrected chi connectivity index (χ0v) is 12.2. The van der Waals surface area contributed by atoms with E-state index < -0.39 is 0 Å². The lowest BCUT2D eigenvalue weighted by molar-refractivity contribution is -0.117. The third-order valence-corrected chi connectivity index (χ3v) is 4.47. The highest BCUT2D eigenvalue weighted by Gasteiger charge is 2.31. The second-order valence-electron chi connectivity index (χ2n) is 4.40. The number of azide groups is 1. The molecule has 18 heavy (non-hydrogen) atoms. The van der Waals surface area contributed by atoms with Crippen LogP contribution in [0.25, 0.3) is 10.4 Å². The van der Waals surface area contributed by atoms with Crippen molar-refractivity contribution < 1.29 is 4.79 Å². The number of halogens is 1. The van der Waals surface area contributed by atoms with Crippen molar-refractivity contribution in [2.24, 2.45) is 11.0 Å². The molecular formula is C12H13IN4O. The van der Waals surface area contributed by atoms with Crippen molar-refractivity contribution in [3.8, 4) is 0 Å². The molecule has 0 bridgehead atoms. The number of carbonyl (C=O) groups excluding carboxylic acids is 1. The average molecular weight is 356 g/mol. The number of aryl methyl sites for hydroxylation is 1. The van der Waals surface area contributed by atoms with Gasteiger partial charge in [0.15, 0.2) is 0 Å². The zero-order valence-electron chi connectivity index (χ0n) is 10.0. The smallest absolute Gasteiger partial charge is 0.227 e. The molecule has 1 aliphatic rings. The van der Waals surface area contributed by atoms with Gasteiger partial charge in [0.05, 0.1) is 5.69 Å². The Balaban J connectivity index is 2.21. The maximum absolute atomic E-state index is 12.0. The molecule has 2 rings (SSSR count). The zero-order chi connectivity index (χ0) is 13.1. The van der Waals surface area contributed by atoms with Gasteiger partial charge in [-0.2, -0.15) is 0 Å². The Kier molecular flexibility index (Phi) is 4.08. The number of carbonyl (C=O) groups is 1. The molecule has 0 N–H and O–H groups in total. The van der Waals surface area contributed by atoms with Crippen LogP contribution in [0.5, 0.6) is 0 Å². The van der Waals surface area contributed by atoms with Gasteiger partial charge in [-0.05, 0) is 52.6 Å². The van der Waals surface area contributed by atoms with Crippen LogP contribution in [0.1, 0.15) is 12.0 Å². The van der Waals surface area contributed by atoms with Crippen LogP contribution in [0.2, 0.25) is 0 Å². The molecule has 0 saturated carbocycles. The van der Waals surface area contributed by atoms with Crippen molar-refractivity contribution in [1.82, 2.24) is 0 Å². The highest BCUT2D eigenvalue weighted by atomic mass is 127. The number of rotatable bonds is 3. The van der Waals surface area contributed by atoms with Crippen LogP contribution in [0.4, 0.5) is 5.69 Å². The molecule has 0 spiro atoms. The molecule has 1 amide bonds. The number of hydrogen-bond acceptors (Lipinski definition) is 2. The fourth-order valence-corrected chi connectivity index (χ4v) is 2.78. The van der Waals surface area contributed by atoms with E-state index in [-0.39, 0.29) is 11.8 Å². The Morgan fingerprint density at radius 1 is 1.61 bits per heavy atom. The second kappa shape index (κ2) is 5.58. The molecule has 1 aromatic rings. The highest BCUT2D eigenvalue weighted by Crippen LogP contribution is 2.30. The largest absolute Gasteiger partial charge is 0.311 e. The monoisotopic (exact) mass is 356 g/mol. The molecule has 5 nitrogen and oxygen atoms in total. The van der Waals surface area contributed by atoms with Gasteiger partial charge < -0.3 is 4.90 Å². The van der Waals surface area contributed by atoms with Crippen LogP contribution < -0.4 is 4.90 Å². The van der Waals surface area contributed by atoms with Gasteiger partial charge in [0.1, 0.15) is 0 Å². The summed E-state index contributed by atoms with van der Waals surface area (Å²) in [7, 11) is 0. The molecule has 1 aromatic carbocycles. The van der Waals surface area contributed by atoms with Gasteiger partial charge >= 0.3 is 0 Å². The first-order valence-corrected chi connectivity index (χ1v) is 6.77. The molecular weight excluding hydrogens is 343 g/mol. The van der Waals surface area contributed by atoms with E-state index in [0.717, 1.165) is 9.26 Å². The Morgan fingerprint density at radius 2 is 2.39 bits per heavy atom. The van der Waals surface area contributed by atoms with Crippen LogP contribution in [-0.2, 0) is 4.79 Å². The number of hydrogen-bond donors (Lipinski definition) is 0. The van der Waals surface area contributed by atoms with E-state index >= 15 is 0 Å². The highest BCUT2D eigenvalue weighted by molar-refractivity contribution is 14.1. The van der Waals surface area contributed by atoms with Gasteiger partial charge in [-0.1, -0.05) is 17.2 Å². The van der Waals surface area contributed by atoms with Crippen molar-refractivity contribution >= 4 is 34.2 Å². The number of anilines is 1. The Morgan fingerprint density at radius 3 is 3.11 bits per heavy atom. The van der Waals surface area contributed by atoms with Gasteiger partial charge in [-0.15, -0.1) is 0 Å². The van der Waals surface area contributed by atoms with Crippen molar-refractivity contribution in [2.45, 2.75) is 13.3 Å². The maximum atomic E-state index is 12.0. The van der Waals surface area contributed by atoms with E-state index in [9.17, 15) is 4.79 Å². The molecule has 0 aliphatic carbocycles. The Labute approximate surface area is 119 Å². The summed E-state index contributed by atoms with van der Waals surface area (Å²) in [6, 6.07) is 5.95. The van der Waals surface area contributed by atoms with E-state index in [2.05, 4.69) is 32.6 Å². The van der Waals surface area contributed by atoms with Crippen molar-refractivity contribution in [3.05, 3.63) is 37.8 Å². The minimum absolute atomic E-state index is 0.108. The van der Waals surface area contributed by atoms with Gasteiger partial charge in [0.25, 0.3) is 0 Å². The fourth-order valence-electron chi connectivity index (χ4n) is 2.13. The van der Waals surface area contributed by atoms with Crippen molar-refractivity contribution in [2.75, 3.05) is 18.0 Å². The number of nitrogens with zero attached hydrogens (tertiary/aromatic N) is 4. The van der Waals surface area contributed by atoms with Gasteiger partial charge in [0.2, 0.25) is 5.91 Å². The minimum atomic E-state index is 0.108. The molecule has 1 atom stereocenters. The lowest BCUT2D eigenvalue weighted by Gasteiger charge is -2.19. The van der Waals surface area contributed by atoms with Crippen LogP contribution in [0.3, 0.4) is 0 Å². The first-order chi connectivity index (χ1) is 8.63. The molecule has 1 unspecified atom stereocenters. The molecule has 0 aromatic heterocycles. The van der Waals surface area contributed by atoms with Gasteiger partial charge in [-0.3, -0.25) is 4.79 Å². The number of benzene rings is 1. The lowest BCUT2D eigenvalue weighted by atomic mass is 10.1. The van der Waals surface area contributed by atoms with Gasteiger partial charge in [-0.25, -0.2) is 0 Å². The quantitative estimate of drug-likeness (QED) is 0.355. The fraction of sp³-hybridized carbons (Fsp3) is 0.417. The summed E-state index contributed by atoms with van der Waals surface area (Å²) >= 11 is 2.26. The summed E-state index contributed by atoms with van der Waals surface area (Å²) in [5.74, 6) is 0.237. The average Bonchev–Trinajstić information content (AvgIpc) is 2.71. The normalized spacial score (nSPS) is 18.9. The topological polar surface area (TPSA) is 69.1 Å². The van der Waals surface area contributed by atoms with E-state index in [1.165, 1.54) is 5.56 Å². The van der Waals surface area contributed by atoms with E-state index in [4.69, 9.17) is 5.53 Å². The van der Waals surface area contributed by atoms with E-state index in [0.29, 0.717) is 19.5 Å². The summed E-state index contributed by atoms with van der Waals surface area (Å²) in [5, 5.41) is 3.56. The predicted molar refractivity (Wildman–Crippen MR) is 78.4 cm³/mol. The molecule has 94 valence electrons. The summed E-state index contributed by atoms with van der Waals surface area (Å²) < 4.78 is 1.10. The molecule has 0 radical (unpaired) electrons. The van der Waals surface area contributed by atoms with E-state index in [1.807, 2.05) is 25.1 Å². The predicted octanol–water partition coefficient (Wildman–Crippen LogP) is 3.26. The van der Waals surface area contributed by atoms with Crippen LogP contribution >= 0.6 is 22.6 Å². The molecule has 6 heteroatoms. The van der Waals surface area contributed by atoms with Gasteiger partial charge in [0, 0.05) is 28.0 Å². The van der Waals surface area contributed by atoms with Crippen LogP contribution in [0, 0.1) is 16.4 Å². The Hall–Kier alpha value is -1.27. The van der Waals surface area contributed by atoms with E-state index in [1.54, 1.807) is 4.90 Å².